The van der Waals surface area contributed by atoms with Crippen molar-refractivity contribution in [2.45, 2.75) is 20.0 Å². The lowest BCUT2D eigenvalue weighted by molar-refractivity contribution is -0.0923. The van der Waals surface area contributed by atoms with Gasteiger partial charge in [0.2, 0.25) is 0 Å². The molecule has 0 atom stereocenters. The third-order valence-electron chi connectivity index (χ3n) is 0.910. The van der Waals surface area contributed by atoms with Crippen molar-refractivity contribution >= 4 is 5.71 Å². The lowest BCUT2D eigenvalue weighted by Gasteiger charge is -2.05. The molecular weight excluding hydrogens is 167 g/mol. The summed E-state index contributed by atoms with van der Waals surface area (Å²) in [5, 5.41) is 0. The molecule has 1 nitrogen and oxygen atoms in total. The number of allylic oxidation sites excluding steroid dienone is 3. The number of alkyl halides is 3. The van der Waals surface area contributed by atoms with Gasteiger partial charge in [-0.3, -0.25) is 4.99 Å². The summed E-state index contributed by atoms with van der Waals surface area (Å²) in [5.41, 5.74) is -0.557. The molecule has 12 heavy (non-hydrogen) atoms. The van der Waals surface area contributed by atoms with E-state index in [2.05, 4.69) is 11.6 Å². The largest absolute Gasteiger partial charge is 0.433 e. The summed E-state index contributed by atoms with van der Waals surface area (Å²) in [4.78, 5) is 3.32. The minimum absolute atomic E-state index is 0.362. The molecule has 0 heterocycles. The van der Waals surface area contributed by atoms with Gasteiger partial charge in [0.25, 0.3) is 0 Å². The Kier molecular flexibility index (Phi) is 3.73. The molecule has 0 fully saturated rings. The topological polar surface area (TPSA) is 12.4 Å². The number of halogens is 3. The van der Waals surface area contributed by atoms with E-state index in [-0.39, 0.29) is 0 Å². The zero-order valence-corrected chi connectivity index (χ0v) is 6.94. The molecule has 4 heteroatoms. The number of rotatable bonds is 2. The third kappa shape index (κ3) is 3.95. The van der Waals surface area contributed by atoms with Crippen LogP contribution in [0.3, 0.4) is 0 Å². The fourth-order valence-corrected chi connectivity index (χ4v) is 0.548. The van der Waals surface area contributed by atoms with Gasteiger partial charge in [-0.2, -0.15) is 13.2 Å². The lowest BCUT2D eigenvalue weighted by Crippen LogP contribution is -2.10. The second-order valence-electron chi connectivity index (χ2n) is 2.34. The Labute approximate surface area is 69.3 Å². The van der Waals surface area contributed by atoms with Crippen molar-refractivity contribution in [3.8, 4) is 0 Å². The van der Waals surface area contributed by atoms with E-state index in [1.807, 2.05) is 0 Å². The Morgan fingerprint density at radius 2 is 1.83 bits per heavy atom. The van der Waals surface area contributed by atoms with E-state index in [1.165, 1.54) is 13.8 Å². The second kappa shape index (κ2) is 4.09. The summed E-state index contributed by atoms with van der Waals surface area (Å²) in [7, 11) is 0. The smallest absolute Gasteiger partial charge is 0.253 e. The normalized spacial score (nSPS) is 12.6. The van der Waals surface area contributed by atoms with E-state index >= 15 is 0 Å². The second-order valence-corrected chi connectivity index (χ2v) is 2.34. The zero-order valence-electron chi connectivity index (χ0n) is 6.94. The van der Waals surface area contributed by atoms with Crippen LogP contribution in [-0.2, 0) is 0 Å². The molecule has 0 aliphatic rings. The molecule has 0 saturated heterocycles. The highest BCUT2D eigenvalue weighted by molar-refractivity contribution is 5.80. The average Bonchev–Trinajstić information content (AvgIpc) is 1.83. The van der Waals surface area contributed by atoms with Crippen molar-refractivity contribution in [2.24, 2.45) is 4.99 Å². The van der Waals surface area contributed by atoms with Crippen molar-refractivity contribution in [3.05, 3.63) is 24.4 Å². The summed E-state index contributed by atoms with van der Waals surface area (Å²) < 4.78 is 36.1. The van der Waals surface area contributed by atoms with Crippen LogP contribution in [0.15, 0.2) is 29.4 Å². The molecule has 0 spiro atoms. The predicted octanol–water partition coefficient (Wildman–Crippen LogP) is 3.10. The van der Waals surface area contributed by atoms with Crippen molar-refractivity contribution in [1.82, 2.24) is 0 Å². The van der Waals surface area contributed by atoms with Crippen LogP contribution in [0.5, 0.6) is 0 Å². The first kappa shape index (κ1) is 10.9. The Morgan fingerprint density at radius 1 is 1.33 bits per heavy atom. The van der Waals surface area contributed by atoms with Gasteiger partial charge in [0, 0.05) is 5.71 Å². The van der Waals surface area contributed by atoms with Crippen molar-refractivity contribution in [3.63, 3.8) is 0 Å². The van der Waals surface area contributed by atoms with E-state index in [4.69, 9.17) is 0 Å². The molecule has 0 radical (unpaired) electrons. The summed E-state index contributed by atoms with van der Waals surface area (Å²) in [5.74, 6) is 0. The quantitative estimate of drug-likeness (QED) is 0.454. The summed E-state index contributed by atoms with van der Waals surface area (Å²) >= 11 is 0. The van der Waals surface area contributed by atoms with Crippen LogP contribution in [0.2, 0.25) is 0 Å². The monoisotopic (exact) mass is 177 g/mol. The minimum Gasteiger partial charge on any atom is -0.253 e. The number of nitrogens with zero attached hydrogens (tertiary/aromatic N) is 1. The highest BCUT2D eigenvalue weighted by atomic mass is 19.4. The SMILES string of the molecule is C=C/C=C(\N=C(C)C)C(F)(F)F. The maximum atomic E-state index is 12.0. The Balaban J connectivity index is 4.82. The molecule has 0 N–H and O–H groups in total. The summed E-state index contributed by atoms with van der Waals surface area (Å²) in [6, 6.07) is 0. The highest BCUT2D eigenvalue weighted by Gasteiger charge is 2.33. The first-order chi connectivity index (χ1) is 5.38. The van der Waals surface area contributed by atoms with Gasteiger partial charge in [-0.25, -0.2) is 0 Å². The van der Waals surface area contributed by atoms with Crippen LogP contribution >= 0.6 is 0 Å². The van der Waals surface area contributed by atoms with Gasteiger partial charge in [0.1, 0.15) is 5.70 Å². The molecule has 68 valence electrons. The molecule has 0 amide bonds. The van der Waals surface area contributed by atoms with Crippen LogP contribution in [-0.4, -0.2) is 11.9 Å². The van der Waals surface area contributed by atoms with Crippen molar-refractivity contribution in [2.75, 3.05) is 0 Å². The number of hydrogen-bond donors (Lipinski definition) is 0. The molecule has 0 aromatic carbocycles. The van der Waals surface area contributed by atoms with Crippen LogP contribution in [0.4, 0.5) is 13.2 Å². The van der Waals surface area contributed by atoms with Gasteiger partial charge in [-0.1, -0.05) is 12.7 Å². The molecule has 0 unspecified atom stereocenters. The van der Waals surface area contributed by atoms with Crippen LogP contribution in [0, 0.1) is 0 Å². The van der Waals surface area contributed by atoms with Gasteiger partial charge >= 0.3 is 6.18 Å². The molecule has 0 aliphatic carbocycles. The highest BCUT2D eigenvalue weighted by Crippen LogP contribution is 2.26. The summed E-state index contributed by atoms with van der Waals surface area (Å²) in [6.07, 6.45) is -2.49. The Morgan fingerprint density at radius 3 is 2.08 bits per heavy atom. The number of aliphatic imine (C=N–C) groups is 1. The van der Waals surface area contributed by atoms with Crippen LogP contribution < -0.4 is 0 Å². The van der Waals surface area contributed by atoms with E-state index in [0.29, 0.717) is 5.71 Å². The maximum Gasteiger partial charge on any atom is 0.433 e. The van der Waals surface area contributed by atoms with E-state index in [0.717, 1.165) is 12.2 Å². The predicted molar refractivity (Wildman–Crippen MR) is 43.1 cm³/mol. The van der Waals surface area contributed by atoms with E-state index in [1.54, 1.807) is 0 Å². The number of hydrogen-bond acceptors (Lipinski definition) is 1. The molecule has 0 aromatic rings. The zero-order chi connectivity index (χ0) is 9.78. The summed E-state index contributed by atoms with van der Waals surface area (Å²) in [6.45, 7) is 6.18. The average molecular weight is 177 g/mol. The molecule has 0 aliphatic heterocycles. The van der Waals surface area contributed by atoms with Crippen LogP contribution in [0.1, 0.15) is 13.8 Å². The van der Waals surface area contributed by atoms with Gasteiger partial charge in [0.05, 0.1) is 0 Å². The minimum atomic E-state index is -4.40. The van der Waals surface area contributed by atoms with Crippen LogP contribution in [0.25, 0.3) is 0 Å². The molecule has 0 bridgehead atoms. The maximum absolute atomic E-state index is 12.0. The van der Waals surface area contributed by atoms with Gasteiger partial charge in [-0.05, 0) is 19.9 Å². The Hall–Kier alpha value is -1.06. The molecular formula is C8H10F3N. The fraction of sp³-hybridized carbons (Fsp3) is 0.375. The van der Waals surface area contributed by atoms with E-state index < -0.39 is 11.9 Å². The first-order valence-corrected chi connectivity index (χ1v) is 3.29. The van der Waals surface area contributed by atoms with Gasteiger partial charge < -0.3 is 0 Å². The fourth-order valence-electron chi connectivity index (χ4n) is 0.548. The van der Waals surface area contributed by atoms with Gasteiger partial charge in [0.15, 0.2) is 0 Å². The van der Waals surface area contributed by atoms with Crippen molar-refractivity contribution < 1.29 is 13.2 Å². The molecule has 0 saturated carbocycles. The van der Waals surface area contributed by atoms with E-state index in [9.17, 15) is 13.2 Å². The molecule has 0 rings (SSSR count). The molecule has 0 aromatic heterocycles. The van der Waals surface area contributed by atoms with Gasteiger partial charge in [-0.15, -0.1) is 0 Å². The van der Waals surface area contributed by atoms with Crippen molar-refractivity contribution in [1.29, 1.82) is 0 Å². The first-order valence-electron chi connectivity index (χ1n) is 3.29. The standard InChI is InChI=1S/C8H10F3N/c1-4-5-7(8(9,10)11)12-6(2)3/h4-5H,1H2,2-3H3/b7-5-. The Bertz CT molecular complexity index is 219. The lowest BCUT2D eigenvalue weighted by atomic mass is 10.3. The third-order valence-corrected chi connectivity index (χ3v) is 0.910.